The molecule has 10 nitrogen and oxygen atoms in total. The minimum atomic E-state index is -2.61. The Kier molecular flexibility index (Phi) is 6.74. The van der Waals surface area contributed by atoms with E-state index in [0.29, 0.717) is 53.9 Å². The molecule has 196 valence electrons. The monoisotopic (exact) mass is 513 g/mol. The van der Waals surface area contributed by atoms with Gasteiger partial charge in [-0.25, -0.2) is 28.4 Å². The van der Waals surface area contributed by atoms with Crippen LogP contribution in [0, 0.1) is 12.8 Å². The van der Waals surface area contributed by atoms with Crippen LogP contribution in [0.2, 0.25) is 0 Å². The molecule has 0 aliphatic heterocycles. The van der Waals surface area contributed by atoms with Gasteiger partial charge < -0.3 is 15.2 Å². The van der Waals surface area contributed by atoms with Gasteiger partial charge in [0, 0.05) is 37.7 Å². The second-order valence-corrected chi connectivity index (χ2v) is 9.85. The number of aryl methyl sites for hydroxylation is 2. The number of aliphatic carboxylic acids is 1. The molecule has 12 heteroatoms. The topological polar surface area (TPSA) is 128 Å². The minimum Gasteiger partial charge on any atom is -0.489 e. The summed E-state index contributed by atoms with van der Waals surface area (Å²) in [6.07, 6.45) is 3.84. The van der Waals surface area contributed by atoms with Crippen molar-refractivity contribution in [2.24, 2.45) is 13.0 Å². The lowest BCUT2D eigenvalue weighted by atomic mass is 9.79. The molecule has 3 aromatic heterocycles. The predicted octanol–water partition coefficient (Wildman–Crippen LogP) is 4.12. The maximum Gasteiger partial charge on any atom is 0.306 e. The molecule has 0 bridgehead atoms. The summed E-state index contributed by atoms with van der Waals surface area (Å²) in [5, 5.41) is 20.9. The lowest BCUT2D eigenvalue weighted by molar-refractivity contribution is -0.143. The van der Waals surface area contributed by atoms with Crippen molar-refractivity contribution in [3.05, 3.63) is 41.5 Å². The molecule has 0 radical (unpaired) electrons. The van der Waals surface area contributed by atoms with Crippen molar-refractivity contribution in [2.75, 3.05) is 5.32 Å². The summed E-state index contributed by atoms with van der Waals surface area (Å²) in [4.78, 5) is 24.7. The third-order valence-electron chi connectivity index (χ3n) is 7.09. The van der Waals surface area contributed by atoms with Gasteiger partial charge in [-0.05, 0) is 50.8 Å². The minimum absolute atomic E-state index is 0.153. The van der Waals surface area contributed by atoms with Gasteiger partial charge in [0.05, 0.1) is 35.6 Å². The van der Waals surface area contributed by atoms with Crippen LogP contribution in [0.1, 0.15) is 61.5 Å². The second-order valence-electron chi connectivity index (χ2n) is 9.85. The number of nitrogens with one attached hydrogen (secondary N) is 1. The summed E-state index contributed by atoms with van der Waals surface area (Å²) in [5.41, 5.74) is 3.23. The molecule has 2 aliphatic carbocycles. The average molecular weight is 514 g/mol. The molecular formula is C25H29F2N7O3. The quantitative estimate of drug-likeness (QED) is 0.457. The van der Waals surface area contributed by atoms with Crippen molar-refractivity contribution >= 4 is 11.9 Å². The number of pyridine rings is 1. The molecule has 2 N–H and O–H groups in total. The van der Waals surface area contributed by atoms with E-state index in [4.69, 9.17) is 4.74 Å². The van der Waals surface area contributed by atoms with Gasteiger partial charge in [-0.2, -0.15) is 0 Å². The van der Waals surface area contributed by atoms with E-state index in [1.54, 1.807) is 30.1 Å². The molecule has 0 aromatic carbocycles. The van der Waals surface area contributed by atoms with Crippen LogP contribution in [0.4, 0.5) is 14.7 Å². The number of aromatic nitrogens is 6. The summed E-state index contributed by atoms with van der Waals surface area (Å²) in [5.74, 6) is -3.05. The van der Waals surface area contributed by atoms with Crippen LogP contribution in [0.5, 0.6) is 5.75 Å². The third kappa shape index (κ3) is 5.52. The molecule has 2 aliphatic rings. The van der Waals surface area contributed by atoms with Crippen LogP contribution in [-0.4, -0.2) is 53.0 Å². The number of anilines is 1. The normalized spacial score (nSPS) is 21.3. The van der Waals surface area contributed by atoms with Crippen molar-refractivity contribution in [3.63, 3.8) is 0 Å². The smallest absolute Gasteiger partial charge is 0.306 e. The Balaban J connectivity index is 1.27. The fourth-order valence-corrected chi connectivity index (χ4v) is 4.95. The van der Waals surface area contributed by atoms with Gasteiger partial charge in [0.2, 0.25) is 11.9 Å². The number of hydrogen-bond donors (Lipinski definition) is 2. The molecule has 5 rings (SSSR count). The van der Waals surface area contributed by atoms with Crippen molar-refractivity contribution in [1.82, 2.24) is 29.9 Å². The van der Waals surface area contributed by atoms with E-state index >= 15 is 0 Å². The van der Waals surface area contributed by atoms with Crippen LogP contribution in [0.15, 0.2) is 24.4 Å². The molecule has 2 saturated carbocycles. The van der Waals surface area contributed by atoms with Crippen molar-refractivity contribution in [3.8, 4) is 17.1 Å². The molecule has 0 saturated heterocycles. The Labute approximate surface area is 212 Å². The van der Waals surface area contributed by atoms with Crippen LogP contribution in [-0.2, 0) is 18.4 Å². The molecule has 3 heterocycles. The fraction of sp³-hybridized carbons (Fsp3) is 0.520. The summed E-state index contributed by atoms with van der Waals surface area (Å²) in [6, 6.07) is 5.31. The van der Waals surface area contributed by atoms with Crippen molar-refractivity contribution < 1.29 is 23.4 Å². The Morgan fingerprint density at radius 3 is 2.78 bits per heavy atom. The maximum absolute atomic E-state index is 13.3. The summed E-state index contributed by atoms with van der Waals surface area (Å²) >= 11 is 0. The first kappa shape index (κ1) is 25.0. The molecule has 3 aromatic rings. The molecule has 0 amide bonds. The van der Waals surface area contributed by atoms with Crippen LogP contribution in [0.3, 0.4) is 0 Å². The number of alkyl halides is 2. The highest BCUT2D eigenvalue weighted by atomic mass is 19.3. The Bertz CT molecular complexity index is 1290. The highest BCUT2D eigenvalue weighted by molar-refractivity contribution is 5.70. The van der Waals surface area contributed by atoms with Crippen molar-refractivity contribution in [2.45, 2.75) is 69.9 Å². The number of rotatable bonds is 8. The Morgan fingerprint density at radius 2 is 2.05 bits per heavy atom. The van der Waals surface area contributed by atoms with Crippen LogP contribution in [0.25, 0.3) is 11.4 Å². The average Bonchev–Trinajstić information content (AvgIpc) is 3.23. The zero-order chi connectivity index (χ0) is 26.2. The number of hydrogen-bond acceptors (Lipinski definition) is 8. The summed E-state index contributed by atoms with van der Waals surface area (Å²) in [6.45, 7) is 2.15. The van der Waals surface area contributed by atoms with E-state index in [1.165, 1.54) is 0 Å². The van der Waals surface area contributed by atoms with E-state index in [0.717, 1.165) is 18.5 Å². The van der Waals surface area contributed by atoms with E-state index in [9.17, 15) is 18.7 Å². The zero-order valence-corrected chi connectivity index (χ0v) is 20.7. The lowest BCUT2D eigenvalue weighted by Crippen LogP contribution is -2.34. The SMILES string of the molecule is Cc1nc(-c2nnn(C)c2CNc2nccc(C3CC(F)(F)C3)n2)ccc1O[C@H]1CCC[C@H](C(=O)O)C1. The molecule has 0 unspecified atom stereocenters. The van der Waals surface area contributed by atoms with E-state index in [2.05, 4.69) is 30.6 Å². The molecular weight excluding hydrogens is 484 g/mol. The molecule has 37 heavy (non-hydrogen) atoms. The zero-order valence-electron chi connectivity index (χ0n) is 20.7. The van der Waals surface area contributed by atoms with Gasteiger partial charge >= 0.3 is 5.97 Å². The predicted molar refractivity (Wildman–Crippen MR) is 129 cm³/mol. The van der Waals surface area contributed by atoms with Gasteiger partial charge in [0.15, 0.2) is 0 Å². The first-order chi connectivity index (χ1) is 17.7. The second kappa shape index (κ2) is 9.98. The number of carboxylic acid groups (broad SMARTS) is 1. The number of carboxylic acids is 1. The Morgan fingerprint density at radius 1 is 1.24 bits per heavy atom. The largest absolute Gasteiger partial charge is 0.489 e. The van der Waals surface area contributed by atoms with Crippen LogP contribution < -0.4 is 10.1 Å². The standard InChI is InChI=1S/C25H29F2N7O3/c1-14-21(37-17-5-3-4-15(10-17)23(35)36)7-6-19(30-14)22-20(34(2)33-32-22)13-29-24-28-9-8-18(31-24)16-11-25(26,27)12-16/h6-9,15-17H,3-5,10-13H2,1-2H3,(H,35,36)(H,28,29,31)/t15-,17-/m0/s1. The van der Waals surface area contributed by atoms with E-state index in [1.807, 2.05) is 13.0 Å². The summed E-state index contributed by atoms with van der Waals surface area (Å²) in [7, 11) is 1.77. The number of carbonyl (C=O) groups is 1. The molecule has 2 atom stereocenters. The third-order valence-corrected chi connectivity index (χ3v) is 7.09. The highest BCUT2D eigenvalue weighted by Gasteiger charge is 2.46. The first-order valence-electron chi connectivity index (χ1n) is 12.4. The van der Waals surface area contributed by atoms with Gasteiger partial charge in [-0.1, -0.05) is 5.21 Å². The van der Waals surface area contributed by atoms with Crippen LogP contribution >= 0.6 is 0 Å². The molecule has 2 fully saturated rings. The van der Waals surface area contributed by atoms with Gasteiger partial charge in [0.1, 0.15) is 11.4 Å². The maximum atomic E-state index is 13.3. The first-order valence-corrected chi connectivity index (χ1v) is 12.4. The van der Waals surface area contributed by atoms with E-state index in [-0.39, 0.29) is 30.8 Å². The van der Waals surface area contributed by atoms with Crippen molar-refractivity contribution in [1.29, 1.82) is 0 Å². The van der Waals surface area contributed by atoms with Gasteiger partial charge in [0.25, 0.3) is 0 Å². The number of ether oxygens (including phenoxy) is 1. The fourth-order valence-electron chi connectivity index (χ4n) is 4.95. The van der Waals surface area contributed by atoms with Gasteiger partial charge in [-0.15, -0.1) is 5.10 Å². The lowest BCUT2D eigenvalue weighted by Gasteiger charge is -2.34. The van der Waals surface area contributed by atoms with E-state index < -0.39 is 11.9 Å². The summed E-state index contributed by atoms with van der Waals surface area (Å²) < 4.78 is 34.3. The Hall–Kier alpha value is -3.70. The van der Waals surface area contributed by atoms with Gasteiger partial charge in [-0.3, -0.25) is 4.79 Å². The number of nitrogens with zero attached hydrogens (tertiary/aromatic N) is 6. The highest BCUT2D eigenvalue weighted by Crippen LogP contribution is 2.47. The molecule has 0 spiro atoms. The number of halogens is 2.